The van der Waals surface area contributed by atoms with Crippen molar-refractivity contribution in [2.75, 3.05) is 6.61 Å². The van der Waals surface area contributed by atoms with Gasteiger partial charge in [-0.25, -0.2) is 9.59 Å². The molecule has 1 aromatic heterocycles. The lowest BCUT2D eigenvalue weighted by atomic mass is 10.1. The van der Waals surface area contributed by atoms with Crippen LogP contribution < -0.4 is 17.0 Å². The quantitative estimate of drug-likeness (QED) is 0.576. The van der Waals surface area contributed by atoms with Crippen molar-refractivity contribution in [2.45, 2.75) is 38.6 Å². The molecule has 0 radical (unpaired) electrons. The van der Waals surface area contributed by atoms with Gasteiger partial charge in [-0.2, -0.15) is 0 Å². The highest BCUT2D eigenvalue weighted by molar-refractivity contribution is 5.81. The first-order chi connectivity index (χ1) is 10.4. The zero-order chi connectivity index (χ0) is 16.3. The zero-order valence-electron chi connectivity index (χ0n) is 12.4. The fourth-order valence-electron chi connectivity index (χ4n) is 2.24. The Morgan fingerprint density at radius 1 is 1.59 bits per heavy atom. The Morgan fingerprint density at radius 3 is 3.00 bits per heavy atom. The van der Waals surface area contributed by atoms with Gasteiger partial charge in [0, 0.05) is 30.3 Å². The van der Waals surface area contributed by atoms with Gasteiger partial charge < -0.3 is 15.2 Å². The van der Waals surface area contributed by atoms with Gasteiger partial charge in [0.25, 0.3) is 5.56 Å². The average molecular weight is 309 g/mol. The molecule has 120 valence electrons. The fraction of sp³-hybridized carbons (Fsp3) is 0.500. The normalized spacial score (nSPS) is 24.8. The molecule has 8 heteroatoms. The minimum Gasteiger partial charge on any atom is -0.463 e. The zero-order valence-corrected chi connectivity index (χ0v) is 12.4. The summed E-state index contributed by atoms with van der Waals surface area (Å²) in [5.74, 6) is -0.473. The third-order valence-electron chi connectivity index (χ3n) is 3.37. The Morgan fingerprint density at radius 2 is 2.32 bits per heavy atom. The number of hydrogen-bond donors (Lipinski definition) is 2. The van der Waals surface area contributed by atoms with Crippen LogP contribution in [0.4, 0.5) is 0 Å². The SMILES string of the molecule is CCOC(=O)C=C[C@H]1O[C@@H](n2cc(C)c(=O)[nH]c2=O)CC1N. The molecule has 3 atom stereocenters. The van der Waals surface area contributed by atoms with Crippen molar-refractivity contribution in [1.29, 1.82) is 0 Å². The fourth-order valence-corrected chi connectivity index (χ4v) is 2.24. The van der Waals surface area contributed by atoms with Gasteiger partial charge in [0.05, 0.1) is 12.7 Å². The molecule has 1 aliphatic rings. The molecule has 3 N–H and O–H groups in total. The first-order valence-electron chi connectivity index (χ1n) is 7.00. The molecule has 0 aliphatic carbocycles. The van der Waals surface area contributed by atoms with E-state index in [1.165, 1.54) is 22.9 Å². The standard InChI is InChI=1S/C14H19N3O5/c1-3-21-12(18)5-4-10-9(15)6-11(22-10)17-7-8(2)13(19)16-14(17)20/h4-5,7,9-11H,3,6,15H2,1-2H3,(H,16,19,20)/t9?,10-,11-/m1/s1. The van der Waals surface area contributed by atoms with Crippen LogP contribution in [-0.4, -0.2) is 34.3 Å². The van der Waals surface area contributed by atoms with Crippen LogP contribution in [0.5, 0.6) is 0 Å². The summed E-state index contributed by atoms with van der Waals surface area (Å²) in [4.78, 5) is 36.7. The minimum atomic E-state index is -0.588. The highest BCUT2D eigenvalue weighted by Gasteiger charge is 2.33. The van der Waals surface area contributed by atoms with E-state index < -0.39 is 29.6 Å². The van der Waals surface area contributed by atoms with E-state index in [4.69, 9.17) is 15.2 Å². The topological polar surface area (TPSA) is 116 Å². The van der Waals surface area contributed by atoms with Gasteiger partial charge in [-0.1, -0.05) is 0 Å². The highest BCUT2D eigenvalue weighted by atomic mass is 16.5. The van der Waals surface area contributed by atoms with Crippen LogP contribution in [-0.2, 0) is 14.3 Å². The molecule has 22 heavy (non-hydrogen) atoms. The van der Waals surface area contributed by atoms with E-state index in [9.17, 15) is 14.4 Å². The number of aryl methyl sites for hydroxylation is 1. The molecule has 0 bridgehead atoms. The number of nitrogens with zero attached hydrogens (tertiary/aromatic N) is 1. The van der Waals surface area contributed by atoms with Crippen molar-refractivity contribution in [1.82, 2.24) is 9.55 Å². The van der Waals surface area contributed by atoms with E-state index in [1.54, 1.807) is 13.8 Å². The molecule has 1 unspecified atom stereocenters. The molecular weight excluding hydrogens is 290 g/mol. The molecular formula is C14H19N3O5. The number of nitrogens with two attached hydrogens (primary N) is 1. The van der Waals surface area contributed by atoms with Crippen LogP contribution >= 0.6 is 0 Å². The Labute approximate surface area is 126 Å². The number of H-pyrrole nitrogens is 1. The largest absolute Gasteiger partial charge is 0.463 e. The molecule has 1 saturated heterocycles. The van der Waals surface area contributed by atoms with Crippen LogP contribution in [0.15, 0.2) is 27.9 Å². The van der Waals surface area contributed by atoms with E-state index in [0.29, 0.717) is 12.0 Å². The van der Waals surface area contributed by atoms with Gasteiger partial charge in [-0.05, 0) is 19.9 Å². The van der Waals surface area contributed by atoms with Gasteiger partial charge >= 0.3 is 11.7 Å². The summed E-state index contributed by atoms with van der Waals surface area (Å²) in [7, 11) is 0. The molecule has 0 spiro atoms. The van der Waals surface area contributed by atoms with Gasteiger partial charge in [-0.15, -0.1) is 0 Å². The molecule has 2 heterocycles. The predicted molar refractivity (Wildman–Crippen MR) is 78.3 cm³/mol. The van der Waals surface area contributed by atoms with Crippen LogP contribution in [0.3, 0.4) is 0 Å². The lowest BCUT2D eigenvalue weighted by molar-refractivity contribution is -0.137. The van der Waals surface area contributed by atoms with E-state index in [2.05, 4.69) is 4.98 Å². The first kappa shape index (κ1) is 16.2. The summed E-state index contributed by atoms with van der Waals surface area (Å²) in [6.45, 7) is 3.60. The molecule has 0 aromatic carbocycles. The lowest BCUT2D eigenvalue weighted by Gasteiger charge is -2.14. The number of aromatic amines is 1. The number of hydrogen-bond acceptors (Lipinski definition) is 6. The van der Waals surface area contributed by atoms with Gasteiger partial charge in [0.1, 0.15) is 6.23 Å². The molecule has 1 aliphatic heterocycles. The van der Waals surface area contributed by atoms with Crippen LogP contribution in [0.1, 0.15) is 25.1 Å². The van der Waals surface area contributed by atoms with Gasteiger partial charge in [0.15, 0.2) is 0 Å². The van der Waals surface area contributed by atoms with E-state index >= 15 is 0 Å². The molecule has 8 nitrogen and oxygen atoms in total. The first-order valence-corrected chi connectivity index (χ1v) is 7.00. The van der Waals surface area contributed by atoms with Crippen molar-refractivity contribution < 1.29 is 14.3 Å². The lowest BCUT2D eigenvalue weighted by Crippen LogP contribution is -2.33. The Balaban J connectivity index is 2.14. The summed E-state index contributed by atoms with van der Waals surface area (Å²) in [5, 5.41) is 0. The number of ether oxygens (including phenoxy) is 2. The third kappa shape index (κ3) is 3.52. The van der Waals surface area contributed by atoms with Gasteiger partial charge in [0.2, 0.25) is 0 Å². The second kappa shape index (κ2) is 6.71. The number of rotatable bonds is 4. The summed E-state index contributed by atoms with van der Waals surface area (Å²) in [5.41, 5.74) is 5.39. The minimum absolute atomic E-state index is 0.287. The highest BCUT2D eigenvalue weighted by Crippen LogP contribution is 2.27. The van der Waals surface area contributed by atoms with Crippen molar-refractivity contribution in [3.63, 3.8) is 0 Å². The smallest absolute Gasteiger partial charge is 0.330 e. The predicted octanol–water partition coefficient (Wildman–Crippen LogP) is -0.421. The van der Waals surface area contributed by atoms with E-state index in [-0.39, 0.29) is 12.6 Å². The molecule has 1 aromatic rings. The maximum Gasteiger partial charge on any atom is 0.330 e. The molecule has 1 fully saturated rings. The second-order valence-corrected chi connectivity index (χ2v) is 5.04. The maximum absolute atomic E-state index is 11.8. The second-order valence-electron chi connectivity index (χ2n) is 5.04. The number of nitrogens with one attached hydrogen (secondary N) is 1. The van der Waals surface area contributed by atoms with Gasteiger partial charge in [-0.3, -0.25) is 14.3 Å². The summed E-state index contributed by atoms with van der Waals surface area (Å²) in [6.07, 6.45) is 3.52. The maximum atomic E-state index is 11.8. The Hall–Kier alpha value is -2.19. The number of esters is 1. The molecule has 2 rings (SSSR count). The monoisotopic (exact) mass is 309 g/mol. The van der Waals surface area contributed by atoms with Crippen molar-refractivity contribution in [2.24, 2.45) is 5.73 Å². The van der Waals surface area contributed by atoms with Crippen molar-refractivity contribution >= 4 is 5.97 Å². The van der Waals surface area contributed by atoms with Crippen molar-refractivity contribution in [3.8, 4) is 0 Å². The Kier molecular flexibility index (Phi) is 4.94. The van der Waals surface area contributed by atoms with Crippen molar-refractivity contribution in [3.05, 3.63) is 44.8 Å². The summed E-state index contributed by atoms with van der Waals surface area (Å²) < 4.78 is 11.8. The number of carbonyl (C=O) groups excluding carboxylic acids is 1. The van der Waals surface area contributed by atoms with Crippen LogP contribution in [0, 0.1) is 6.92 Å². The van der Waals surface area contributed by atoms with E-state index in [1.807, 2.05) is 0 Å². The number of carbonyl (C=O) groups is 1. The molecule has 0 saturated carbocycles. The molecule has 0 amide bonds. The third-order valence-corrected chi connectivity index (χ3v) is 3.37. The Bertz CT molecular complexity index is 690. The van der Waals surface area contributed by atoms with Crippen LogP contribution in [0.2, 0.25) is 0 Å². The summed E-state index contributed by atoms with van der Waals surface area (Å²) in [6, 6.07) is -0.366. The average Bonchev–Trinajstić information content (AvgIpc) is 2.82. The van der Waals surface area contributed by atoms with E-state index in [0.717, 1.165) is 0 Å². The van der Waals surface area contributed by atoms with Crippen LogP contribution in [0.25, 0.3) is 0 Å². The number of aromatic nitrogens is 2. The summed E-state index contributed by atoms with van der Waals surface area (Å²) >= 11 is 0.